The monoisotopic (exact) mass is 173 g/mol. The van der Waals surface area contributed by atoms with Crippen molar-refractivity contribution in [3.63, 3.8) is 0 Å². The lowest BCUT2D eigenvalue weighted by Crippen LogP contribution is -2.34. The Kier molecular flexibility index (Phi) is 3.31. The molecule has 0 aliphatic carbocycles. The second-order valence-electron chi connectivity index (χ2n) is 2.85. The van der Waals surface area contributed by atoms with E-state index in [4.69, 9.17) is 16.2 Å². The van der Waals surface area contributed by atoms with E-state index in [9.17, 15) is 4.79 Å². The van der Waals surface area contributed by atoms with Gasteiger partial charge < -0.3 is 21.1 Å². The maximum absolute atomic E-state index is 10.7. The first-order valence-corrected chi connectivity index (χ1v) is 4.10. The molecule has 1 aliphatic rings. The van der Waals surface area contributed by atoms with Gasteiger partial charge in [0.15, 0.2) is 0 Å². The molecule has 0 bridgehead atoms. The quantitative estimate of drug-likeness (QED) is 0.581. The minimum Gasteiger partial charge on any atom is -0.375 e. The number of hydrogen-bond acceptors (Lipinski definition) is 3. The van der Waals surface area contributed by atoms with Gasteiger partial charge >= 0.3 is 6.03 Å². The van der Waals surface area contributed by atoms with Gasteiger partial charge in [-0.05, 0) is 6.42 Å². The Labute approximate surface area is 71.6 Å². The molecule has 70 valence electrons. The number of nitrogens with two attached hydrogens (primary N) is 2. The summed E-state index contributed by atoms with van der Waals surface area (Å²) in [4.78, 5) is 12.3. The molecular weight excluding hydrogens is 158 g/mol. The lowest BCUT2D eigenvalue weighted by atomic mass is 10.3. The number of carbonyl (C=O) groups excluding carboxylic acids is 1. The zero-order valence-corrected chi connectivity index (χ0v) is 7.03. The van der Waals surface area contributed by atoms with E-state index in [2.05, 4.69) is 0 Å². The Bertz CT molecular complexity index is 163. The number of ether oxygens (including phenoxy) is 1. The zero-order chi connectivity index (χ0) is 8.97. The van der Waals surface area contributed by atoms with Crippen molar-refractivity contribution >= 4 is 6.03 Å². The summed E-state index contributed by atoms with van der Waals surface area (Å²) in [5, 5.41) is 0. The van der Waals surface area contributed by atoms with Crippen LogP contribution in [0.3, 0.4) is 0 Å². The summed E-state index contributed by atoms with van der Waals surface area (Å²) in [5.41, 5.74) is 10.4. The van der Waals surface area contributed by atoms with Crippen molar-refractivity contribution in [2.24, 2.45) is 11.5 Å². The Balaban J connectivity index is 2.21. The first-order chi connectivity index (χ1) is 5.74. The molecule has 1 unspecified atom stereocenters. The molecule has 1 heterocycles. The smallest absolute Gasteiger partial charge is 0.314 e. The van der Waals surface area contributed by atoms with Crippen molar-refractivity contribution in [3.8, 4) is 0 Å². The molecule has 5 nitrogen and oxygen atoms in total. The van der Waals surface area contributed by atoms with Crippen LogP contribution < -0.4 is 11.5 Å². The van der Waals surface area contributed by atoms with Gasteiger partial charge in [-0.2, -0.15) is 0 Å². The summed E-state index contributed by atoms with van der Waals surface area (Å²) in [6.45, 7) is 2.38. The van der Waals surface area contributed by atoms with E-state index in [0.717, 1.165) is 6.42 Å². The molecular formula is C7H15N3O2. The molecule has 2 amide bonds. The van der Waals surface area contributed by atoms with Crippen molar-refractivity contribution in [2.45, 2.75) is 12.5 Å². The van der Waals surface area contributed by atoms with E-state index in [1.807, 2.05) is 0 Å². The normalized spacial score (nSPS) is 23.1. The summed E-state index contributed by atoms with van der Waals surface area (Å²) in [6.07, 6.45) is 0.990. The van der Waals surface area contributed by atoms with Crippen molar-refractivity contribution in [3.05, 3.63) is 0 Å². The molecule has 0 radical (unpaired) electrons. The maximum atomic E-state index is 10.7. The first kappa shape index (κ1) is 9.28. The number of likely N-dealkylation sites (tertiary alicyclic amines) is 1. The van der Waals surface area contributed by atoms with Crippen LogP contribution in [0.4, 0.5) is 4.79 Å². The Morgan fingerprint density at radius 2 is 2.42 bits per heavy atom. The van der Waals surface area contributed by atoms with Crippen LogP contribution in [-0.4, -0.2) is 43.3 Å². The van der Waals surface area contributed by atoms with Gasteiger partial charge in [-0.15, -0.1) is 0 Å². The van der Waals surface area contributed by atoms with E-state index in [1.54, 1.807) is 4.90 Å². The van der Waals surface area contributed by atoms with Gasteiger partial charge in [0.25, 0.3) is 0 Å². The van der Waals surface area contributed by atoms with E-state index in [-0.39, 0.29) is 12.1 Å². The molecule has 4 N–H and O–H groups in total. The van der Waals surface area contributed by atoms with Gasteiger partial charge in [-0.1, -0.05) is 0 Å². The van der Waals surface area contributed by atoms with Crippen LogP contribution in [0.2, 0.25) is 0 Å². The fourth-order valence-corrected chi connectivity index (χ4v) is 1.30. The Hall–Kier alpha value is -0.810. The summed E-state index contributed by atoms with van der Waals surface area (Å²) in [5.74, 6) is 0. The lowest BCUT2D eigenvalue weighted by molar-refractivity contribution is 0.0671. The van der Waals surface area contributed by atoms with Crippen molar-refractivity contribution < 1.29 is 9.53 Å². The number of urea groups is 1. The molecule has 12 heavy (non-hydrogen) atoms. The van der Waals surface area contributed by atoms with Crippen LogP contribution >= 0.6 is 0 Å². The third kappa shape index (κ3) is 2.35. The van der Waals surface area contributed by atoms with Crippen LogP contribution in [0.5, 0.6) is 0 Å². The number of amides is 2. The zero-order valence-electron chi connectivity index (χ0n) is 7.03. The molecule has 1 fully saturated rings. The van der Waals surface area contributed by atoms with Gasteiger partial charge in [-0.25, -0.2) is 4.79 Å². The van der Waals surface area contributed by atoms with E-state index >= 15 is 0 Å². The standard InChI is InChI=1S/C7H15N3O2/c8-2-4-12-6-1-3-10(5-6)7(9)11/h6H,1-5,8H2,(H2,9,11). The minimum atomic E-state index is -0.367. The summed E-state index contributed by atoms with van der Waals surface area (Å²) >= 11 is 0. The number of nitrogens with zero attached hydrogens (tertiary/aromatic N) is 1. The van der Waals surface area contributed by atoms with Crippen molar-refractivity contribution in [1.29, 1.82) is 0 Å². The minimum absolute atomic E-state index is 0.126. The predicted molar refractivity (Wildman–Crippen MR) is 44.6 cm³/mol. The summed E-state index contributed by atoms with van der Waals surface area (Å²) < 4.78 is 5.36. The topological polar surface area (TPSA) is 81.6 Å². The Morgan fingerprint density at radius 1 is 1.67 bits per heavy atom. The highest BCUT2D eigenvalue weighted by molar-refractivity contribution is 5.72. The van der Waals surface area contributed by atoms with Crippen LogP contribution in [0.15, 0.2) is 0 Å². The van der Waals surface area contributed by atoms with Crippen molar-refractivity contribution in [2.75, 3.05) is 26.2 Å². The fraction of sp³-hybridized carbons (Fsp3) is 0.857. The number of hydrogen-bond donors (Lipinski definition) is 2. The maximum Gasteiger partial charge on any atom is 0.314 e. The first-order valence-electron chi connectivity index (χ1n) is 4.10. The number of carbonyl (C=O) groups is 1. The predicted octanol–water partition coefficient (Wildman–Crippen LogP) is -0.885. The molecule has 5 heteroatoms. The molecule has 1 rings (SSSR count). The van der Waals surface area contributed by atoms with Crippen LogP contribution in [-0.2, 0) is 4.74 Å². The van der Waals surface area contributed by atoms with Gasteiger partial charge in [0.2, 0.25) is 0 Å². The second-order valence-corrected chi connectivity index (χ2v) is 2.85. The highest BCUT2D eigenvalue weighted by Gasteiger charge is 2.24. The molecule has 0 saturated carbocycles. The SMILES string of the molecule is NCCOC1CCN(C(N)=O)C1. The van der Waals surface area contributed by atoms with E-state index in [1.165, 1.54) is 0 Å². The average Bonchev–Trinajstić information content (AvgIpc) is 2.48. The Morgan fingerprint density at radius 3 is 2.92 bits per heavy atom. The summed E-state index contributed by atoms with van der Waals surface area (Å²) in [7, 11) is 0. The lowest BCUT2D eigenvalue weighted by Gasteiger charge is -2.13. The highest BCUT2D eigenvalue weighted by Crippen LogP contribution is 2.11. The molecule has 1 atom stereocenters. The van der Waals surface area contributed by atoms with Crippen molar-refractivity contribution in [1.82, 2.24) is 4.90 Å². The van der Waals surface area contributed by atoms with Gasteiger partial charge in [0.05, 0.1) is 12.7 Å². The van der Waals surface area contributed by atoms with Crippen LogP contribution in [0, 0.1) is 0 Å². The molecule has 0 spiro atoms. The fourth-order valence-electron chi connectivity index (χ4n) is 1.30. The second kappa shape index (κ2) is 4.27. The van der Waals surface area contributed by atoms with Gasteiger partial charge in [-0.3, -0.25) is 0 Å². The molecule has 0 aromatic heterocycles. The van der Waals surface area contributed by atoms with Crippen LogP contribution in [0.1, 0.15) is 6.42 Å². The highest BCUT2D eigenvalue weighted by atomic mass is 16.5. The molecule has 1 saturated heterocycles. The van der Waals surface area contributed by atoms with Gasteiger partial charge in [0.1, 0.15) is 0 Å². The van der Waals surface area contributed by atoms with E-state index in [0.29, 0.717) is 26.2 Å². The van der Waals surface area contributed by atoms with Gasteiger partial charge in [0, 0.05) is 19.6 Å². The largest absolute Gasteiger partial charge is 0.375 e. The summed E-state index contributed by atoms with van der Waals surface area (Å²) in [6, 6.07) is -0.367. The third-order valence-electron chi connectivity index (χ3n) is 1.93. The molecule has 0 aromatic rings. The van der Waals surface area contributed by atoms with E-state index < -0.39 is 0 Å². The van der Waals surface area contributed by atoms with Crippen LogP contribution in [0.25, 0.3) is 0 Å². The molecule has 1 aliphatic heterocycles. The number of primary amides is 1. The number of rotatable bonds is 3. The molecule has 0 aromatic carbocycles. The third-order valence-corrected chi connectivity index (χ3v) is 1.93. The average molecular weight is 173 g/mol.